The maximum atomic E-state index is 12.8. The number of anilines is 1. The molecule has 0 aromatic heterocycles. The average Bonchev–Trinajstić information content (AvgIpc) is 2.74. The van der Waals surface area contributed by atoms with Crippen LogP contribution in [0.1, 0.15) is 58.8 Å². The van der Waals surface area contributed by atoms with Crippen LogP contribution < -0.4 is 10.2 Å². The number of carbonyl (C=O) groups is 1. The van der Waals surface area contributed by atoms with E-state index in [-0.39, 0.29) is 11.9 Å². The second-order valence-electron chi connectivity index (χ2n) is 8.61. The number of fused-ring (bicyclic) bond motifs is 1. The Balaban J connectivity index is 1.54. The first kappa shape index (κ1) is 20.0. The highest BCUT2D eigenvalue weighted by atomic mass is 16.1. The predicted molar refractivity (Wildman–Crippen MR) is 120 cm³/mol. The third-order valence-corrected chi connectivity index (χ3v) is 6.41. The summed E-state index contributed by atoms with van der Waals surface area (Å²) >= 11 is 0. The Kier molecular flexibility index (Phi) is 6.19. The first-order chi connectivity index (χ1) is 14.1. The number of nitrogens with one attached hydrogen (secondary N) is 1. The van der Waals surface area contributed by atoms with E-state index in [0.29, 0.717) is 6.54 Å². The summed E-state index contributed by atoms with van der Waals surface area (Å²) in [5, 5.41) is 3.22. The summed E-state index contributed by atoms with van der Waals surface area (Å²) in [6.07, 6.45) is 6.17. The predicted octanol–water partition coefficient (Wildman–Crippen LogP) is 4.33. The summed E-state index contributed by atoms with van der Waals surface area (Å²) < 4.78 is 0. The number of piperidine rings is 1. The number of nitrogens with zero attached hydrogens (tertiary/aromatic N) is 2. The van der Waals surface area contributed by atoms with E-state index >= 15 is 0 Å². The van der Waals surface area contributed by atoms with E-state index < -0.39 is 0 Å². The van der Waals surface area contributed by atoms with Crippen molar-refractivity contribution in [3.8, 4) is 0 Å². The second-order valence-corrected chi connectivity index (χ2v) is 8.61. The molecule has 4 nitrogen and oxygen atoms in total. The Hall–Kier alpha value is -2.33. The van der Waals surface area contributed by atoms with Crippen molar-refractivity contribution in [3.05, 3.63) is 64.7 Å². The van der Waals surface area contributed by atoms with Crippen molar-refractivity contribution in [1.82, 2.24) is 10.2 Å². The van der Waals surface area contributed by atoms with E-state index in [1.54, 1.807) is 0 Å². The van der Waals surface area contributed by atoms with Gasteiger partial charge in [0.1, 0.15) is 0 Å². The molecule has 2 heterocycles. The van der Waals surface area contributed by atoms with Crippen LogP contribution in [0.15, 0.2) is 42.5 Å². The second kappa shape index (κ2) is 9.00. The molecule has 2 aliphatic heterocycles. The van der Waals surface area contributed by atoms with Crippen molar-refractivity contribution in [2.45, 2.75) is 45.1 Å². The molecule has 1 amide bonds. The summed E-state index contributed by atoms with van der Waals surface area (Å²) in [7, 11) is 2.18. The zero-order chi connectivity index (χ0) is 20.2. The highest BCUT2D eigenvalue weighted by molar-refractivity contribution is 5.94. The molecule has 29 heavy (non-hydrogen) atoms. The number of benzene rings is 2. The molecule has 0 unspecified atom stereocenters. The number of rotatable bonds is 5. The van der Waals surface area contributed by atoms with Gasteiger partial charge < -0.3 is 10.2 Å². The Bertz CT molecular complexity index is 857. The van der Waals surface area contributed by atoms with Crippen LogP contribution in [-0.2, 0) is 6.42 Å². The average molecular weight is 392 g/mol. The van der Waals surface area contributed by atoms with Crippen LogP contribution in [0, 0.1) is 6.92 Å². The van der Waals surface area contributed by atoms with Gasteiger partial charge in [0.2, 0.25) is 0 Å². The molecule has 0 radical (unpaired) electrons. The largest absolute Gasteiger partial charge is 0.374 e. The van der Waals surface area contributed by atoms with E-state index in [2.05, 4.69) is 40.4 Å². The van der Waals surface area contributed by atoms with Crippen LogP contribution in [0.2, 0.25) is 0 Å². The van der Waals surface area contributed by atoms with Gasteiger partial charge in [-0.3, -0.25) is 9.69 Å². The van der Waals surface area contributed by atoms with Gasteiger partial charge in [0.25, 0.3) is 5.91 Å². The minimum absolute atomic E-state index is 0.0217. The minimum atomic E-state index is 0.0217. The molecule has 1 fully saturated rings. The van der Waals surface area contributed by atoms with Crippen LogP contribution in [0.4, 0.5) is 5.69 Å². The fourth-order valence-electron chi connectivity index (χ4n) is 4.78. The Morgan fingerprint density at radius 1 is 1.03 bits per heavy atom. The number of likely N-dealkylation sites (tertiary alicyclic amines) is 1. The molecule has 2 aromatic carbocycles. The molecule has 0 bridgehead atoms. The van der Waals surface area contributed by atoms with Crippen molar-refractivity contribution >= 4 is 11.6 Å². The van der Waals surface area contributed by atoms with Crippen LogP contribution in [0.25, 0.3) is 0 Å². The Labute approximate surface area is 174 Å². The molecule has 0 saturated carbocycles. The van der Waals surface area contributed by atoms with Gasteiger partial charge in [-0.15, -0.1) is 0 Å². The van der Waals surface area contributed by atoms with Crippen LogP contribution >= 0.6 is 0 Å². The molecular formula is C25H33N3O. The van der Waals surface area contributed by atoms with Gasteiger partial charge in [-0.25, -0.2) is 0 Å². The van der Waals surface area contributed by atoms with Crippen molar-refractivity contribution in [1.29, 1.82) is 0 Å². The van der Waals surface area contributed by atoms with E-state index in [1.165, 1.54) is 42.5 Å². The van der Waals surface area contributed by atoms with E-state index in [1.807, 2.05) is 31.2 Å². The number of hydrogen-bond acceptors (Lipinski definition) is 3. The number of hydrogen-bond donors (Lipinski definition) is 1. The summed E-state index contributed by atoms with van der Waals surface area (Å²) in [5.41, 5.74) is 6.01. The highest BCUT2D eigenvalue weighted by Gasteiger charge is 2.25. The van der Waals surface area contributed by atoms with Gasteiger partial charge >= 0.3 is 0 Å². The van der Waals surface area contributed by atoms with E-state index in [4.69, 9.17) is 0 Å². The molecule has 1 atom stereocenters. The Morgan fingerprint density at radius 3 is 2.66 bits per heavy atom. The summed E-state index contributed by atoms with van der Waals surface area (Å²) in [6, 6.07) is 15.0. The maximum Gasteiger partial charge on any atom is 0.251 e. The summed E-state index contributed by atoms with van der Waals surface area (Å²) in [6.45, 7) is 6.04. The van der Waals surface area contributed by atoms with Crippen LogP contribution in [0.3, 0.4) is 0 Å². The molecule has 1 N–H and O–H groups in total. The zero-order valence-corrected chi connectivity index (χ0v) is 17.8. The molecule has 0 aliphatic carbocycles. The van der Waals surface area contributed by atoms with Crippen molar-refractivity contribution in [3.63, 3.8) is 0 Å². The minimum Gasteiger partial charge on any atom is -0.374 e. The van der Waals surface area contributed by atoms with Gasteiger partial charge in [-0.2, -0.15) is 0 Å². The van der Waals surface area contributed by atoms with Gasteiger partial charge in [-0.05, 0) is 75.0 Å². The van der Waals surface area contributed by atoms with Crippen LogP contribution in [-0.4, -0.2) is 44.0 Å². The van der Waals surface area contributed by atoms with Gasteiger partial charge in [0.05, 0.1) is 6.04 Å². The van der Waals surface area contributed by atoms with Crippen molar-refractivity contribution < 1.29 is 4.79 Å². The maximum absolute atomic E-state index is 12.8. The fraction of sp³-hybridized carbons (Fsp3) is 0.480. The molecule has 4 rings (SSSR count). The van der Waals surface area contributed by atoms with E-state index in [0.717, 1.165) is 37.2 Å². The lowest BCUT2D eigenvalue weighted by atomic mass is 9.95. The van der Waals surface area contributed by atoms with Gasteiger partial charge in [0, 0.05) is 31.4 Å². The normalized spacial score (nSPS) is 18.2. The zero-order valence-electron chi connectivity index (χ0n) is 17.8. The quantitative estimate of drug-likeness (QED) is 0.824. The lowest BCUT2D eigenvalue weighted by Gasteiger charge is -2.36. The standard InChI is InChI=1S/C25H33N3O/c1-19-8-6-9-22(16-19)25(29)26-18-24(28-14-4-3-5-15-28)21-11-12-23-20(17-21)10-7-13-27(23)2/h6,8-9,11-12,16-17,24H,3-5,7,10,13-15,18H2,1-2H3,(H,26,29)/t24-/m1/s1. The fourth-order valence-corrected chi connectivity index (χ4v) is 4.78. The molecule has 0 spiro atoms. The monoisotopic (exact) mass is 391 g/mol. The molecule has 1 saturated heterocycles. The number of amides is 1. The summed E-state index contributed by atoms with van der Waals surface area (Å²) in [5.74, 6) is 0.0217. The SMILES string of the molecule is Cc1cccc(C(=O)NC[C@H](c2ccc3c(c2)CCCN3C)N2CCCCC2)c1. The lowest BCUT2D eigenvalue weighted by molar-refractivity contribution is 0.0924. The lowest BCUT2D eigenvalue weighted by Crippen LogP contribution is -2.40. The van der Waals surface area contributed by atoms with Crippen molar-refractivity contribution in [2.24, 2.45) is 0 Å². The number of aryl methyl sites for hydroxylation is 2. The molecule has 4 heteroatoms. The third-order valence-electron chi connectivity index (χ3n) is 6.41. The van der Waals surface area contributed by atoms with Crippen molar-refractivity contribution in [2.75, 3.05) is 38.1 Å². The molecular weight excluding hydrogens is 358 g/mol. The molecule has 2 aromatic rings. The smallest absolute Gasteiger partial charge is 0.251 e. The topological polar surface area (TPSA) is 35.6 Å². The van der Waals surface area contributed by atoms with Gasteiger partial charge in [0.15, 0.2) is 0 Å². The van der Waals surface area contributed by atoms with Crippen LogP contribution in [0.5, 0.6) is 0 Å². The summed E-state index contributed by atoms with van der Waals surface area (Å²) in [4.78, 5) is 17.7. The first-order valence-corrected chi connectivity index (χ1v) is 11.0. The van der Waals surface area contributed by atoms with E-state index in [9.17, 15) is 4.79 Å². The third kappa shape index (κ3) is 4.64. The Morgan fingerprint density at radius 2 is 1.86 bits per heavy atom. The highest BCUT2D eigenvalue weighted by Crippen LogP contribution is 2.31. The van der Waals surface area contributed by atoms with Gasteiger partial charge in [-0.1, -0.05) is 36.2 Å². The number of carbonyl (C=O) groups excluding carboxylic acids is 1. The first-order valence-electron chi connectivity index (χ1n) is 11.0. The molecule has 154 valence electrons. The molecule has 2 aliphatic rings.